The van der Waals surface area contributed by atoms with Gasteiger partial charge in [0.25, 0.3) is 11.5 Å². The second-order valence-corrected chi connectivity index (χ2v) is 10.1. The van der Waals surface area contributed by atoms with Gasteiger partial charge in [-0.05, 0) is 33.8 Å². The molecule has 206 valence electrons. The molecule has 3 heterocycles. The van der Waals surface area contributed by atoms with Crippen molar-refractivity contribution in [3.63, 3.8) is 0 Å². The van der Waals surface area contributed by atoms with E-state index in [0.29, 0.717) is 5.56 Å². The van der Waals surface area contributed by atoms with Crippen LogP contribution in [0.2, 0.25) is 0 Å². The summed E-state index contributed by atoms with van der Waals surface area (Å²) in [5.41, 5.74) is -3.50. The number of piperazine rings is 1. The van der Waals surface area contributed by atoms with Crippen LogP contribution in [-0.2, 0) is 17.5 Å². The Morgan fingerprint density at radius 3 is 2.66 bits per heavy atom. The lowest BCUT2D eigenvalue weighted by molar-refractivity contribution is -0.138. The smallest absolute Gasteiger partial charge is 0.423 e. The van der Waals surface area contributed by atoms with Crippen molar-refractivity contribution in [3.05, 3.63) is 46.1 Å². The predicted octanol–water partition coefficient (Wildman–Crippen LogP) is 3.07. The highest BCUT2D eigenvalue weighted by molar-refractivity contribution is 5.94. The van der Waals surface area contributed by atoms with Crippen molar-refractivity contribution < 1.29 is 27.5 Å². The topological polar surface area (TPSA) is 136 Å². The number of alkyl halides is 3. The Labute approximate surface area is 217 Å². The van der Waals surface area contributed by atoms with E-state index in [9.17, 15) is 32.8 Å². The maximum absolute atomic E-state index is 13.3. The maximum Gasteiger partial charge on any atom is 0.423 e. The molecule has 1 saturated heterocycles. The van der Waals surface area contributed by atoms with E-state index >= 15 is 0 Å². The number of amides is 2. The second kappa shape index (κ2) is 11.2. The van der Waals surface area contributed by atoms with Gasteiger partial charge in [0.05, 0.1) is 36.0 Å². The molecule has 0 unspecified atom stereocenters. The molecule has 1 aliphatic rings. The Hall–Kier alpha value is -4.02. The van der Waals surface area contributed by atoms with E-state index in [4.69, 9.17) is 4.74 Å². The summed E-state index contributed by atoms with van der Waals surface area (Å²) in [7, 11) is 0. The first-order chi connectivity index (χ1) is 17.7. The molecule has 0 spiro atoms. The molecule has 11 nitrogen and oxygen atoms in total. The molecule has 0 radical (unpaired) electrons. The molecule has 1 aliphatic heterocycles. The first kappa shape index (κ1) is 28.5. The van der Waals surface area contributed by atoms with Gasteiger partial charge in [0, 0.05) is 44.6 Å². The van der Waals surface area contributed by atoms with E-state index in [0.717, 1.165) is 6.20 Å². The average Bonchev–Trinajstić information content (AvgIpc) is 3.25. The minimum absolute atomic E-state index is 0.0263. The predicted molar refractivity (Wildman–Crippen MR) is 130 cm³/mol. The molecule has 0 bridgehead atoms. The molecule has 2 atom stereocenters. The van der Waals surface area contributed by atoms with E-state index in [2.05, 4.69) is 16.5 Å². The van der Waals surface area contributed by atoms with Crippen LogP contribution in [0, 0.1) is 11.3 Å². The van der Waals surface area contributed by atoms with Crippen LogP contribution in [0.25, 0.3) is 0 Å². The molecule has 2 aromatic heterocycles. The molecule has 2 amide bonds. The highest BCUT2D eigenvalue weighted by Gasteiger charge is 2.38. The Morgan fingerprint density at radius 1 is 1.32 bits per heavy atom. The summed E-state index contributed by atoms with van der Waals surface area (Å²) < 4.78 is 46.9. The lowest BCUT2D eigenvalue weighted by Crippen LogP contribution is -2.57. The summed E-state index contributed by atoms with van der Waals surface area (Å²) in [6.45, 7) is 7.69. The van der Waals surface area contributed by atoms with Gasteiger partial charge in [-0.3, -0.25) is 9.59 Å². The molecular weight excluding hydrogens is 507 g/mol. The number of H-pyrrole nitrogens is 1. The molecule has 0 saturated carbocycles. The zero-order valence-electron chi connectivity index (χ0n) is 21.5. The van der Waals surface area contributed by atoms with Gasteiger partial charge in [0.1, 0.15) is 11.2 Å². The third kappa shape index (κ3) is 7.05. The molecule has 1 fully saturated rings. The van der Waals surface area contributed by atoms with Crippen molar-refractivity contribution in [2.75, 3.05) is 25.0 Å². The van der Waals surface area contributed by atoms with Crippen LogP contribution in [0.15, 0.2) is 29.5 Å². The van der Waals surface area contributed by atoms with E-state index in [1.54, 1.807) is 60.7 Å². The first-order valence-corrected chi connectivity index (χ1v) is 11.9. The van der Waals surface area contributed by atoms with Gasteiger partial charge >= 0.3 is 12.3 Å². The number of hydrogen-bond donors (Lipinski definition) is 2. The summed E-state index contributed by atoms with van der Waals surface area (Å²) in [6.07, 6.45) is -1.27. The van der Waals surface area contributed by atoms with Gasteiger partial charge in [0.15, 0.2) is 0 Å². The van der Waals surface area contributed by atoms with Crippen molar-refractivity contribution in [3.8, 4) is 6.07 Å². The van der Waals surface area contributed by atoms with Crippen LogP contribution in [0.1, 0.15) is 50.0 Å². The van der Waals surface area contributed by atoms with Gasteiger partial charge in [0.2, 0.25) is 0 Å². The number of nitrogens with zero attached hydrogens (tertiary/aromatic N) is 5. The summed E-state index contributed by atoms with van der Waals surface area (Å²) in [6, 6.07) is 2.55. The van der Waals surface area contributed by atoms with Crippen LogP contribution in [-0.4, -0.2) is 73.9 Å². The van der Waals surface area contributed by atoms with Crippen LogP contribution < -0.4 is 10.9 Å². The molecule has 14 heteroatoms. The van der Waals surface area contributed by atoms with Crippen LogP contribution >= 0.6 is 0 Å². The number of nitrogens with one attached hydrogen (secondary N) is 2. The zero-order valence-corrected chi connectivity index (χ0v) is 21.5. The molecule has 3 rings (SSSR count). The third-order valence-electron chi connectivity index (χ3n) is 5.75. The SMILES string of the molecule is C[C@@H](Cn1ccc(C(=O)N2CCN(C(=O)OC(C)(C)C)C[C@@H]2CC#N)c1)Nc1cn[nH]c(=O)c1C(F)(F)F. The largest absolute Gasteiger partial charge is 0.444 e. The quantitative estimate of drug-likeness (QED) is 0.578. The van der Waals surface area contributed by atoms with Gasteiger partial charge < -0.3 is 24.4 Å². The number of rotatable bonds is 6. The van der Waals surface area contributed by atoms with E-state index < -0.39 is 46.8 Å². The zero-order chi connectivity index (χ0) is 28.3. The molecule has 0 aromatic carbocycles. The second-order valence-electron chi connectivity index (χ2n) is 10.1. The monoisotopic (exact) mass is 537 g/mol. The highest BCUT2D eigenvalue weighted by Crippen LogP contribution is 2.31. The summed E-state index contributed by atoms with van der Waals surface area (Å²) in [5.74, 6) is -0.327. The number of nitriles is 1. The number of ether oxygens (including phenoxy) is 1. The summed E-state index contributed by atoms with van der Waals surface area (Å²) in [5, 5.41) is 17.2. The van der Waals surface area contributed by atoms with Crippen molar-refractivity contribution in [2.24, 2.45) is 0 Å². The Kier molecular flexibility index (Phi) is 8.38. The number of anilines is 1. The fourth-order valence-electron chi connectivity index (χ4n) is 4.16. The molecule has 2 aromatic rings. The van der Waals surface area contributed by atoms with Crippen molar-refractivity contribution in [2.45, 2.75) is 64.5 Å². The molecule has 38 heavy (non-hydrogen) atoms. The van der Waals surface area contributed by atoms with E-state index in [1.807, 2.05) is 0 Å². The summed E-state index contributed by atoms with van der Waals surface area (Å²) >= 11 is 0. The number of halogens is 3. The lowest BCUT2D eigenvalue weighted by atomic mass is 10.1. The molecular formula is C24H30F3N7O4. The van der Waals surface area contributed by atoms with Crippen LogP contribution in [0.3, 0.4) is 0 Å². The highest BCUT2D eigenvalue weighted by atomic mass is 19.4. The van der Waals surface area contributed by atoms with Crippen molar-refractivity contribution >= 4 is 17.7 Å². The van der Waals surface area contributed by atoms with Crippen molar-refractivity contribution in [1.82, 2.24) is 24.6 Å². The van der Waals surface area contributed by atoms with Gasteiger partial charge in [-0.2, -0.15) is 23.5 Å². The Bertz CT molecular complexity index is 1260. The summed E-state index contributed by atoms with van der Waals surface area (Å²) in [4.78, 5) is 40.4. The minimum atomic E-state index is -4.86. The number of carbonyl (C=O) groups excluding carboxylic acids is 2. The number of hydrogen-bond acceptors (Lipinski definition) is 7. The Morgan fingerprint density at radius 2 is 2.03 bits per heavy atom. The number of carbonyl (C=O) groups is 2. The standard InChI is InChI=1S/C24H30F3N7O4/c1-15(30-18-11-29-31-20(35)19(18)24(25,26)27)12-32-8-6-16(13-32)21(36)34-10-9-33(14-17(34)5-7-28)22(37)38-23(2,3)4/h6,8,11,13,15,17H,5,9-10,12,14H2,1-4H3,(H2,30,31,35)/t15-,17-/m0/s1. The van der Waals surface area contributed by atoms with Gasteiger partial charge in [-0.1, -0.05) is 0 Å². The minimum Gasteiger partial charge on any atom is -0.444 e. The van der Waals surface area contributed by atoms with Crippen molar-refractivity contribution in [1.29, 1.82) is 5.26 Å². The number of aromatic amines is 1. The van der Waals surface area contributed by atoms with Gasteiger partial charge in [-0.15, -0.1) is 0 Å². The Balaban J connectivity index is 1.67. The lowest BCUT2D eigenvalue weighted by Gasteiger charge is -2.40. The molecule has 0 aliphatic carbocycles. The van der Waals surface area contributed by atoms with Crippen LogP contribution in [0.4, 0.5) is 23.7 Å². The maximum atomic E-state index is 13.3. The average molecular weight is 538 g/mol. The third-order valence-corrected chi connectivity index (χ3v) is 5.75. The normalized spacial score (nSPS) is 17.1. The van der Waals surface area contributed by atoms with Crippen LogP contribution in [0.5, 0.6) is 0 Å². The fraction of sp³-hybridized carbons (Fsp3) is 0.542. The van der Waals surface area contributed by atoms with E-state index in [1.165, 1.54) is 4.90 Å². The molecule has 2 N–H and O–H groups in total. The van der Waals surface area contributed by atoms with E-state index in [-0.39, 0.29) is 38.5 Å². The fourth-order valence-corrected chi connectivity index (χ4v) is 4.16. The number of aromatic nitrogens is 3. The first-order valence-electron chi connectivity index (χ1n) is 11.9. The van der Waals surface area contributed by atoms with Gasteiger partial charge in [-0.25, -0.2) is 9.89 Å².